The van der Waals surface area contributed by atoms with Gasteiger partial charge in [0.25, 0.3) is 15.9 Å². The highest BCUT2D eigenvalue weighted by Gasteiger charge is 2.17. The van der Waals surface area contributed by atoms with E-state index in [1.165, 1.54) is 24.3 Å². The molecule has 0 saturated carbocycles. The molecule has 38 heavy (non-hydrogen) atoms. The Balaban J connectivity index is 1.21. The molecule has 0 radical (unpaired) electrons. The Morgan fingerprint density at radius 2 is 1.61 bits per heavy atom. The highest BCUT2D eigenvalue weighted by Crippen LogP contribution is 2.26. The number of amides is 1. The largest absolute Gasteiger partial charge is 0.485 e. The molecule has 0 bridgehead atoms. The molecule has 0 aliphatic rings. The van der Waals surface area contributed by atoms with Crippen LogP contribution in [0.15, 0.2) is 94.2 Å². The maximum Gasteiger partial charge on any atom is 0.291 e. The first kappa shape index (κ1) is 25.0. The van der Waals surface area contributed by atoms with Crippen molar-refractivity contribution in [2.75, 3.05) is 10.0 Å². The van der Waals surface area contributed by atoms with Crippen LogP contribution in [0.3, 0.4) is 0 Å². The number of nitrogens with one attached hydrogen (secondary N) is 2. The number of anilines is 2. The average Bonchev–Trinajstić information content (AvgIpc) is 3.36. The molecule has 2 heterocycles. The number of aromatic nitrogens is 2. The van der Waals surface area contributed by atoms with E-state index in [0.29, 0.717) is 22.8 Å². The van der Waals surface area contributed by atoms with E-state index in [1.807, 2.05) is 42.5 Å². The Labute approximate surface area is 219 Å². The van der Waals surface area contributed by atoms with Gasteiger partial charge in [0.1, 0.15) is 18.1 Å². The molecule has 1 amide bonds. The summed E-state index contributed by atoms with van der Waals surface area (Å²) < 4.78 is 39.4. The predicted octanol–water partition coefficient (Wildman–Crippen LogP) is 5.47. The molecule has 0 aliphatic heterocycles. The van der Waals surface area contributed by atoms with Crippen molar-refractivity contribution in [1.29, 1.82) is 0 Å². The molecule has 9 nitrogen and oxygen atoms in total. The Hall–Kier alpha value is -4.70. The van der Waals surface area contributed by atoms with Crippen molar-refractivity contribution in [2.24, 2.45) is 0 Å². The van der Waals surface area contributed by atoms with Gasteiger partial charge in [0.2, 0.25) is 5.95 Å². The Bertz CT molecular complexity index is 1700. The van der Waals surface area contributed by atoms with Crippen molar-refractivity contribution < 1.29 is 22.4 Å². The number of carbonyl (C=O) groups excluding carboxylic acids is 1. The van der Waals surface area contributed by atoms with Crippen LogP contribution in [0, 0.1) is 13.8 Å². The first-order valence-corrected chi connectivity index (χ1v) is 13.2. The summed E-state index contributed by atoms with van der Waals surface area (Å²) in [6, 6.07) is 24.4. The first-order valence-electron chi connectivity index (χ1n) is 11.7. The Kier molecular flexibility index (Phi) is 6.80. The van der Waals surface area contributed by atoms with E-state index in [9.17, 15) is 13.2 Å². The number of sulfonamides is 1. The third-order valence-corrected chi connectivity index (χ3v) is 6.98. The molecule has 0 unspecified atom stereocenters. The van der Waals surface area contributed by atoms with Crippen molar-refractivity contribution >= 4 is 38.3 Å². The topological polar surface area (TPSA) is 123 Å². The maximum absolute atomic E-state index is 12.7. The normalized spacial score (nSPS) is 11.3. The summed E-state index contributed by atoms with van der Waals surface area (Å²) in [4.78, 5) is 20.9. The number of benzene rings is 3. The Morgan fingerprint density at radius 1 is 0.895 bits per heavy atom. The van der Waals surface area contributed by atoms with Gasteiger partial charge in [0.05, 0.1) is 4.90 Å². The number of fused-ring (bicyclic) bond motifs is 1. The quantitative estimate of drug-likeness (QED) is 0.274. The summed E-state index contributed by atoms with van der Waals surface area (Å²) in [7, 11) is -3.90. The first-order chi connectivity index (χ1) is 18.3. The number of carbonyl (C=O) groups is 1. The zero-order chi connectivity index (χ0) is 26.7. The molecule has 2 aromatic heterocycles. The molecule has 0 atom stereocenters. The van der Waals surface area contributed by atoms with Gasteiger partial charge < -0.3 is 14.5 Å². The van der Waals surface area contributed by atoms with Crippen LogP contribution < -0.4 is 14.8 Å². The molecule has 192 valence electrons. The third-order valence-electron chi connectivity index (χ3n) is 5.64. The highest BCUT2D eigenvalue weighted by molar-refractivity contribution is 7.92. The van der Waals surface area contributed by atoms with E-state index in [2.05, 4.69) is 20.0 Å². The van der Waals surface area contributed by atoms with E-state index >= 15 is 0 Å². The minimum absolute atomic E-state index is 0.00191. The molecule has 5 aromatic rings. The second kappa shape index (κ2) is 10.3. The zero-order valence-electron chi connectivity index (χ0n) is 20.6. The Morgan fingerprint density at radius 3 is 2.37 bits per heavy atom. The number of aryl methyl sites for hydroxylation is 2. The fraction of sp³-hybridized carbons (Fsp3) is 0.107. The number of nitrogens with zero attached hydrogens (tertiary/aromatic N) is 2. The van der Waals surface area contributed by atoms with Gasteiger partial charge in [-0.25, -0.2) is 23.1 Å². The minimum atomic E-state index is -3.90. The van der Waals surface area contributed by atoms with Crippen LogP contribution in [0.5, 0.6) is 5.75 Å². The van der Waals surface area contributed by atoms with Crippen LogP contribution in [0.4, 0.5) is 11.6 Å². The van der Waals surface area contributed by atoms with Gasteiger partial charge >= 0.3 is 0 Å². The van der Waals surface area contributed by atoms with Gasteiger partial charge in [-0.15, -0.1) is 0 Å². The van der Waals surface area contributed by atoms with Gasteiger partial charge in [-0.2, -0.15) is 0 Å². The number of hydrogen-bond acceptors (Lipinski definition) is 7. The second-order valence-electron chi connectivity index (χ2n) is 8.59. The number of furan rings is 1. The van der Waals surface area contributed by atoms with Crippen LogP contribution in [0.25, 0.3) is 10.8 Å². The minimum Gasteiger partial charge on any atom is -0.485 e. The number of hydrogen-bond donors (Lipinski definition) is 2. The van der Waals surface area contributed by atoms with Gasteiger partial charge in [-0.05, 0) is 67.8 Å². The van der Waals surface area contributed by atoms with Gasteiger partial charge in [-0.1, -0.05) is 36.4 Å². The molecular weight excluding hydrogens is 504 g/mol. The van der Waals surface area contributed by atoms with E-state index in [4.69, 9.17) is 9.15 Å². The van der Waals surface area contributed by atoms with Gasteiger partial charge in [0.15, 0.2) is 5.76 Å². The molecule has 5 rings (SSSR count). The van der Waals surface area contributed by atoms with E-state index in [-0.39, 0.29) is 23.2 Å². The third kappa shape index (κ3) is 5.65. The lowest BCUT2D eigenvalue weighted by Gasteiger charge is -2.09. The monoisotopic (exact) mass is 528 g/mol. The summed E-state index contributed by atoms with van der Waals surface area (Å²) in [5.41, 5.74) is 1.70. The smallest absolute Gasteiger partial charge is 0.291 e. The highest BCUT2D eigenvalue weighted by atomic mass is 32.2. The van der Waals surface area contributed by atoms with Crippen molar-refractivity contribution in [1.82, 2.24) is 9.97 Å². The van der Waals surface area contributed by atoms with Crippen LogP contribution in [-0.4, -0.2) is 24.3 Å². The fourth-order valence-corrected chi connectivity index (χ4v) is 4.85. The second-order valence-corrected chi connectivity index (χ2v) is 10.3. The molecule has 3 aromatic carbocycles. The van der Waals surface area contributed by atoms with Crippen LogP contribution in [0.2, 0.25) is 0 Å². The SMILES string of the molecule is Cc1cc(C)nc(NS(=O)(=O)c2ccc(NC(=O)c3ccc(COc4cccc5ccccc45)o3)cc2)n1. The summed E-state index contributed by atoms with van der Waals surface area (Å²) in [5, 5.41) is 4.75. The summed E-state index contributed by atoms with van der Waals surface area (Å²) in [6.07, 6.45) is 0. The van der Waals surface area contributed by atoms with Crippen LogP contribution in [-0.2, 0) is 16.6 Å². The molecule has 10 heteroatoms. The van der Waals surface area contributed by atoms with Gasteiger partial charge in [-0.3, -0.25) is 4.79 Å². The standard InChI is InChI=1S/C28H24N4O5S/c1-18-16-19(2)30-28(29-18)32-38(34,35)23-13-10-21(11-14-23)31-27(33)26-15-12-22(37-26)17-36-25-9-5-7-20-6-3-4-8-24(20)25/h3-16H,17H2,1-2H3,(H,31,33)(H,29,30,32). The number of ether oxygens (including phenoxy) is 1. The fourth-order valence-electron chi connectivity index (χ4n) is 3.91. The lowest BCUT2D eigenvalue weighted by atomic mass is 10.1. The maximum atomic E-state index is 12.7. The van der Waals surface area contributed by atoms with Crippen LogP contribution >= 0.6 is 0 Å². The van der Waals surface area contributed by atoms with Gasteiger partial charge in [0, 0.05) is 22.5 Å². The molecule has 0 aliphatic carbocycles. The summed E-state index contributed by atoms with van der Waals surface area (Å²) in [5.74, 6) is 0.840. The predicted molar refractivity (Wildman–Crippen MR) is 144 cm³/mol. The molecule has 2 N–H and O–H groups in total. The average molecular weight is 529 g/mol. The lowest BCUT2D eigenvalue weighted by Crippen LogP contribution is -2.16. The number of rotatable bonds is 8. The molecule has 0 spiro atoms. The lowest BCUT2D eigenvalue weighted by molar-refractivity contribution is 0.0992. The zero-order valence-corrected chi connectivity index (χ0v) is 21.5. The molecular formula is C28H24N4O5S. The van der Waals surface area contributed by atoms with E-state index in [0.717, 1.165) is 16.5 Å². The summed E-state index contributed by atoms with van der Waals surface area (Å²) in [6.45, 7) is 3.67. The molecule has 0 fully saturated rings. The van der Waals surface area contributed by atoms with Crippen LogP contribution in [0.1, 0.15) is 27.7 Å². The molecule has 0 saturated heterocycles. The van der Waals surface area contributed by atoms with Crippen molar-refractivity contribution in [3.05, 3.63) is 108 Å². The van der Waals surface area contributed by atoms with E-state index in [1.54, 1.807) is 32.0 Å². The summed E-state index contributed by atoms with van der Waals surface area (Å²) >= 11 is 0. The van der Waals surface area contributed by atoms with E-state index < -0.39 is 15.9 Å². The van der Waals surface area contributed by atoms with Crippen molar-refractivity contribution in [2.45, 2.75) is 25.3 Å². The van der Waals surface area contributed by atoms with Crippen molar-refractivity contribution in [3.8, 4) is 5.75 Å². The van der Waals surface area contributed by atoms with Crippen molar-refractivity contribution in [3.63, 3.8) is 0 Å².